The summed E-state index contributed by atoms with van der Waals surface area (Å²) >= 11 is 0. The summed E-state index contributed by atoms with van der Waals surface area (Å²) in [5, 5.41) is 0. The van der Waals surface area contributed by atoms with Gasteiger partial charge >= 0.3 is 0 Å². The van der Waals surface area contributed by atoms with Crippen LogP contribution < -0.4 is 4.90 Å². The lowest BCUT2D eigenvalue weighted by Gasteiger charge is -2.39. The summed E-state index contributed by atoms with van der Waals surface area (Å²) in [5.41, 5.74) is 4.34. The van der Waals surface area contributed by atoms with Crippen molar-refractivity contribution < 1.29 is 4.79 Å². The minimum Gasteiger partial charge on any atom is -0.378 e. The molecule has 2 aliphatic rings. The van der Waals surface area contributed by atoms with Gasteiger partial charge in [0, 0.05) is 50.0 Å². The van der Waals surface area contributed by atoms with Gasteiger partial charge in [-0.3, -0.25) is 9.78 Å². The summed E-state index contributed by atoms with van der Waals surface area (Å²) in [5.74, 6) is 0.133. The molecule has 0 atom stereocenters. The molecule has 1 aromatic heterocycles. The van der Waals surface area contributed by atoms with Gasteiger partial charge < -0.3 is 9.80 Å². The summed E-state index contributed by atoms with van der Waals surface area (Å²) in [6.45, 7) is 1.57. The maximum Gasteiger partial charge on any atom is 0.253 e. The lowest BCUT2D eigenvalue weighted by molar-refractivity contribution is 0.0690. The number of carbonyl (C=O) groups excluding carboxylic acids is 1. The normalized spacial score (nSPS) is 17.6. The summed E-state index contributed by atoms with van der Waals surface area (Å²) < 4.78 is 0. The van der Waals surface area contributed by atoms with Crippen LogP contribution in [0.4, 0.5) is 5.69 Å². The van der Waals surface area contributed by atoms with Crippen molar-refractivity contribution in [1.29, 1.82) is 0 Å². The molecule has 0 N–H and O–H groups in total. The number of aromatic nitrogens is 1. The molecule has 4 rings (SSSR count). The van der Waals surface area contributed by atoms with Crippen molar-refractivity contribution in [2.24, 2.45) is 0 Å². The molecule has 1 saturated heterocycles. The Balaban J connectivity index is 1.47. The second-order valence-electron chi connectivity index (χ2n) is 7.16. The Morgan fingerprint density at radius 3 is 2.52 bits per heavy atom. The third-order valence-corrected chi connectivity index (χ3v) is 5.51. The number of carbonyl (C=O) groups is 1. The Morgan fingerprint density at radius 1 is 1.12 bits per heavy atom. The number of allylic oxidation sites excluding steroid dienone is 1. The Labute approximate surface area is 148 Å². The molecule has 4 nitrogen and oxygen atoms in total. The molecular formula is C21H23N3O. The number of rotatable bonds is 2. The molecule has 1 aromatic carbocycles. The Morgan fingerprint density at radius 2 is 1.84 bits per heavy atom. The van der Waals surface area contributed by atoms with Crippen LogP contribution in [0.2, 0.25) is 0 Å². The fraction of sp³-hybridized carbons (Fsp3) is 0.333. The van der Waals surface area contributed by atoms with E-state index in [2.05, 4.69) is 23.2 Å². The van der Waals surface area contributed by atoms with Gasteiger partial charge in [0.15, 0.2) is 0 Å². The first kappa shape index (κ1) is 15.9. The van der Waals surface area contributed by atoms with Crippen molar-refractivity contribution in [2.45, 2.75) is 18.3 Å². The minimum absolute atomic E-state index is 0.0646. The van der Waals surface area contributed by atoms with Crippen molar-refractivity contribution >= 4 is 17.7 Å². The molecule has 128 valence electrons. The van der Waals surface area contributed by atoms with Gasteiger partial charge in [0.1, 0.15) is 0 Å². The number of amides is 1. The number of anilines is 1. The van der Waals surface area contributed by atoms with Gasteiger partial charge in [-0.1, -0.05) is 12.1 Å². The predicted molar refractivity (Wildman–Crippen MR) is 101 cm³/mol. The monoisotopic (exact) mass is 333 g/mol. The maximum absolute atomic E-state index is 12.8. The van der Waals surface area contributed by atoms with E-state index in [1.165, 1.54) is 5.56 Å². The van der Waals surface area contributed by atoms with Gasteiger partial charge in [-0.2, -0.15) is 0 Å². The molecule has 4 heteroatoms. The number of piperidine rings is 1. The van der Waals surface area contributed by atoms with Crippen LogP contribution in [0.1, 0.15) is 34.5 Å². The minimum atomic E-state index is 0.0646. The predicted octanol–water partition coefficient (Wildman–Crippen LogP) is 3.35. The Bertz CT molecular complexity index is 815. The third-order valence-electron chi connectivity index (χ3n) is 5.51. The summed E-state index contributed by atoms with van der Waals surface area (Å²) in [4.78, 5) is 21.3. The maximum atomic E-state index is 12.8. The van der Waals surface area contributed by atoms with E-state index in [0.29, 0.717) is 0 Å². The smallest absolute Gasteiger partial charge is 0.253 e. The molecular weight excluding hydrogens is 310 g/mol. The van der Waals surface area contributed by atoms with Crippen molar-refractivity contribution in [3.05, 3.63) is 65.5 Å². The Hall–Kier alpha value is -2.62. The lowest BCUT2D eigenvalue weighted by atomic mass is 9.75. The van der Waals surface area contributed by atoms with E-state index in [1.54, 1.807) is 0 Å². The summed E-state index contributed by atoms with van der Waals surface area (Å²) in [7, 11) is 4.01. The topological polar surface area (TPSA) is 36.4 Å². The second-order valence-corrected chi connectivity index (χ2v) is 7.16. The third kappa shape index (κ3) is 2.72. The number of fused-ring (bicyclic) bond motifs is 2. The number of benzene rings is 1. The van der Waals surface area contributed by atoms with Crippen LogP contribution in [0.5, 0.6) is 0 Å². The van der Waals surface area contributed by atoms with Crippen molar-refractivity contribution in [3.63, 3.8) is 0 Å². The lowest BCUT2D eigenvalue weighted by Crippen LogP contribution is -2.44. The van der Waals surface area contributed by atoms with E-state index in [9.17, 15) is 4.79 Å². The zero-order valence-electron chi connectivity index (χ0n) is 14.8. The van der Waals surface area contributed by atoms with Crippen LogP contribution in [0.25, 0.3) is 6.08 Å². The Kier molecular flexibility index (Phi) is 3.83. The number of pyridine rings is 1. The molecule has 0 unspecified atom stereocenters. The second kappa shape index (κ2) is 6.03. The van der Waals surface area contributed by atoms with Crippen molar-refractivity contribution in [3.8, 4) is 0 Å². The quantitative estimate of drug-likeness (QED) is 0.846. The van der Waals surface area contributed by atoms with E-state index in [4.69, 9.17) is 0 Å². The molecule has 1 aliphatic carbocycles. The molecule has 2 aromatic rings. The summed E-state index contributed by atoms with van der Waals surface area (Å²) in [6.07, 6.45) is 8.19. The van der Waals surface area contributed by atoms with E-state index in [0.717, 1.165) is 42.9 Å². The molecule has 25 heavy (non-hydrogen) atoms. The molecule has 1 amide bonds. The molecule has 0 bridgehead atoms. The molecule has 1 spiro atoms. The van der Waals surface area contributed by atoms with E-state index in [1.807, 2.05) is 60.4 Å². The largest absolute Gasteiger partial charge is 0.378 e. The van der Waals surface area contributed by atoms with Crippen molar-refractivity contribution in [2.75, 3.05) is 32.1 Å². The fourth-order valence-electron chi connectivity index (χ4n) is 3.93. The standard InChI is InChI=1S/C21H23N3O/c1-23(2)17-7-5-16(6-8-17)20(25)24-14-11-21(12-15-24)10-9-19-18(21)4-3-13-22-19/h3-10,13H,11-12,14-15H2,1-2H3. The molecule has 0 saturated carbocycles. The van der Waals surface area contributed by atoms with Gasteiger partial charge in [-0.25, -0.2) is 0 Å². The van der Waals surface area contributed by atoms with E-state index in [-0.39, 0.29) is 11.3 Å². The van der Waals surface area contributed by atoms with Crippen LogP contribution in [-0.2, 0) is 5.41 Å². The number of likely N-dealkylation sites (tertiary alicyclic amines) is 1. The SMILES string of the molecule is CN(C)c1ccc(C(=O)N2CCC3(C=Cc4ncccc43)CC2)cc1. The van der Waals surface area contributed by atoms with Crippen LogP contribution in [-0.4, -0.2) is 43.0 Å². The highest BCUT2D eigenvalue weighted by molar-refractivity contribution is 5.94. The van der Waals surface area contributed by atoms with Crippen LogP contribution in [0, 0.1) is 0 Å². The zero-order valence-corrected chi connectivity index (χ0v) is 14.8. The van der Waals surface area contributed by atoms with Gasteiger partial charge in [-0.15, -0.1) is 0 Å². The van der Waals surface area contributed by atoms with Gasteiger partial charge in [0.2, 0.25) is 0 Å². The van der Waals surface area contributed by atoms with Crippen LogP contribution in [0.3, 0.4) is 0 Å². The van der Waals surface area contributed by atoms with E-state index >= 15 is 0 Å². The molecule has 2 heterocycles. The summed E-state index contributed by atoms with van der Waals surface area (Å²) in [6, 6.07) is 12.0. The number of hydrogen-bond acceptors (Lipinski definition) is 3. The van der Waals surface area contributed by atoms with Crippen molar-refractivity contribution in [1.82, 2.24) is 9.88 Å². The average molecular weight is 333 g/mol. The van der Waals surface area contributed by atoms with Crippen LogP contribution >= 0.6 is 0 Å². The first-order chi connectivity index (χ1) is 12.1. The highest BCUT2D eigenvalue weighted by Crippen LogP contribution is 2.43. The zero-order chi connectivity index (χ0) is 17.4. The van der Waals surface area contributed by atoms with Gasteiger partial charge in [0.25, 0.3) is 5.91 Å². The van der Waals surface area contributed by atoms with Gasteiger partial charge in [-0.05, 0) is 54.8 Å². The highest BCUT2D eigenvalue weighted by atomic mass is 16.2. The van der Waals surface area contributed by atoms with E-state index < -0.39 is 0 Å². The molecule has 1 fully saturated rings. The molecule has 0 radical (unpaired) electrons. The average Bonchev–Trinajstić information content (AvgIpc) is 3.01. The first-order valence-corrected chi connectivity index (χ1v) is 8.80. The van der Waals surface area contributed by atoms with Gasteiger partial charge in [0.05, 0.1) is 5.69 Å². The number of hydrogen-bond donors (Lipinski definition) is 0. The first-order valence-electron chi connectivity index (χ1n) is 8.80. The number of nitrogens with zero attached hydrogens (tertiary/aromatic N) is 3. The molecule has 1 aliphatic heterocycles. The fourth-order valence-corrected chi connectivity index (χ4v) is 3.93. The highest BCUT2D eigenvalue weighted by Gasteiger charge is 2.39. The van der Waals surface area contributed by atoms with Crippen LogP contribution in [0.15, 0.2) is 48.7 Å².